The van der Waals surface area contributed by atoms with Crippen LogP contribution < -0.4 is 0 Å². The third-order valence-electron chi connectivity index (χ3n) is 4.75. The fraction of sp³-hybridized carbons (Fsp3) is 0.316. The molecule has 0 spiro atoms. The summed E-state index contributed by atoms with van der Waals surface area (Å²) in [6.07, 6.45) is 0.941. The van der Waals surface area contributed by atoms with Gasteiger partial charge in [0, 0.05) is 19.6 Å². The smallest absolute Gasteiger partial charge is 0.270 e. The van der Waals surface area contributed by atoms with Gasteiger partial charge in [0.15, 0.2) is 0 Å². The van der Waals surface area contributed by atoms with Crippen LogP contribution in [0.4, 0.5) is 4.39 Å². The van der Waals surface area contributed by atoms with Crippen molar-refractivity contribution < 1.29 is 14.3 Å². The molecule has 1 saturated heterocycles. The van der Waals surface area contributed by atoms with Crippen molar-refractivity contribution in [2.24, 2.45) is 0 Å². The lowest BCUT2D eigenvalue weighted by Gasteiger charge is -2.30. The highest BCUT2D eigenvalue weighted by Crippen LogP contribution is 2.28. The van der Waals surface area contributed by atoms with Crippen LogP contribution in [-0.4, -0.2) is 39.7 Å². The quantitative estimate of drug-likeness (QED) is 0.779. The summed E-state index contributed by atoms with van der Waals surface area (Å²) in [7, 11) is 0. The number of amides is 1. The Labute approximate surface area is 149 Å². The molecular weight excluding hydrogens is 339 g/mol. The average Bonchev–Trinajstić information content (AvgIpc) is 3.19. The Hall–Kier alpha value is -2.18. The maximum Gasteiger partial charge on any atom is 0.270 e. The molecule has 1 N–H and O–H groups in total. The first-order valence-electron chi connectivity index (χ1n) is 8.40. The van der Waals surface area contributed by atoms with Gasteiger partial charge in [0.1, 0.15) is 11.5 Å². The Morgan fingerprint density at radius 2 is 1.92 bits per heavy atom. The highest BCUT2D eigenvalue weighted by Gasteiger charge is 2.25. The van der Waals surface area contributed by atoms with E-state index in [0.717, 1.165) is 15.8 Å². The molecule has 0 atom stereocenters. The predicted octanol–water partition coefficient (Wildman–Crippen LogP) is 3.49. The van der Waals surface area contributed by atoms with E-state index in [4.69, 9.17) is 0 Å². The molecule has 0 aliphatic carbocycles. The molecule has 25 heavy (non-hydrogen) atoms. The van der Waals surface area contributed by atoms with Gasteiger partial charge in [-0.25, -0.2) is 4.39 Å². The molecule has 1 fully saturated rings. The largest absolute Gasteiger partial charge is 0.393 e. The summed E-state index contributed by atoms with van der Waals surface area (Å²) in [6, 6.07) is 10.3. The monoisotopic (exact) mass is 358 g/mol. The van der Waals surface area contributed by atoms with Crippen LogP contribution in [0.3, 0.4) is 0 Å². The lowest BCUT2D eigenvalue weighted by molar-refractivity contribution is 0.0538. The number of carbonyl (C=O) groups is 1. The van der Waals surface area contributed by atoms with Crippen molar-refractivity contribution in [2.75, 3.05) is 13.1 Å². The SMILES string of the molecule is O=C(c1cc2sccc2n1Cc1ccc(F)cc1)N1CCC(O)CC1. The van der Waals surface area contributed by atoms with Crippen LogP contribution in [0, 0.1) is 5.82 Å². The predicted molar refractivity (Wildman–Crippen MR) is 96.5 cm³/mol. The second kappa shape index (κ2) is 6.61. The van der Waals surface area contributed by atoms with Gasteiger partial charge >= 0.3 is 0 Å². The maximum atomic E-state index is 13.2. The summed E-state index contributed by atoms with van der Waals surface area (Å²) >= 11 is 1.61. The molecule has 1 aliphatic rings. The highest BCUT2D eigenvalue weighted by atomic mass is 32.1. The minimum Gasteiger partial charge on any atom is -0.393 e. The van der Waals surface area contributed by atoms with Gasteiger partial charge in [-0.1, -0.05) is 12.1 Å². The average molecular weight is 358 g/mol. The number of aliphatic hydroxyl groups excluding tert-OH is 1. The van der Waals surface area contributed by atoms with Gasteiger partial charge in [-0.3, -0.25) is 4.79 Å². The van der Waals surface area contributed by atoms with Gasteiger partial charge in [0.2, 0.25) is 0 Å². The minimum atomic E-state index is -0.307. The summed E-state index contributed by atoms with van der Waals surface area (Å²) in [4.78, 5) is 14.8. The van der Waals surface area contributed by atoms with Crippen molar-refractivity contribution in [2.45, 2.75) is 25.5 Å². The number of thiophene rings is 1. The number of carbonyl (C=O) groups excluding carboxylic acids is 1. The number of fused-ring (bicyclic) bond motifs is 1. The van der Waals surface area contributed by atoms with E-state index in [1.807, 2.05) is 27.0 Å². The molecule has 3 heterocycles. The van der Waals surface area contributed by atoms with E-state index >= 15 is 0 Å². The van der Waals surface area contributed by atoms with E-state index in [0.29, 0.717) is 38.2 Å². The van der Waals surface area contributed by atoms with Gasteiger partial charge in [0.25, 0.3) is 5.91 Å². The minimum absolute atomic E-state index is 0.00240. The van der Waals surface area contributed by atoms with E-state index < -0.39 is 0 Å². The van der Waals surface area contributed by atoms with E-state index in [9.17, 15) is 14.3 Å². The van der Waals surface area contributed by atoms with Crippen molar-refractivity contribution in [3.8, 4) is 0 Å². The molecule has 0 radical (unpaired) electrons. The van der Waals surface area contributed by atoms with Crippen LogP contribution in [-0.2, 0) is 6.54 Å². The first kappa shape index (κ1) is 16.3. The Morgan fingerprint density at radius 1 is 1.20 bits per heavy atom. The number of piperidine rings is 1. The van der Waals surface area contributed by atoms with Crippen molar-refractivity contribution >= 4 is 27.5 Å². The molecule has 0 bridgehead atoms. The van der Waals surface area contributed by atoms with Gasteiger partial charge in [0.05, 0.1) is 16.3 Å². The number of rotatable bonds is 3. The summed E-state index contributed by atoms with van der Waals surface area (Å²) in [5.74, 6) is -0.266. The fourth-order valence-electron chi connectivity index (χ4n) is 3.33. The number of aromatic nitrogens is 1. The Bertz CT molecular complexity index is 892. The van der Waals surface area contributed by atoms with Crippen LogP contribution in [0.15, 0.2) is 41.8 Å². The zero-order chi connectivity index (χ0) is 17.4. The van der Waals surface area contributed by atoms with Crippen LogP contribution in [0.5, 0.6) is 0 Å². The zero-order valence-electron chi connectivity index (χ0n) is 13.7. The molecular formula is C19H19FN2O2S. The summed E-state index contributed by atoms with van der Waals surface area (Å²) < 4.78 is 16.2. The number of aliphatic hydroxyl groups is 1. The normalized spacial score (nSPS) is 15.8. The number of likely N-dealkylation sites (tertiary alicyclic amines) is 1. The Kier molecular flexibility index (Phi) is 4.31. The molecule has 3 aromatic rings. The number of hydrogen-bond acceptors (Lipinski definition) is 3. The number of hydrogen-bond donors (Lipinski definition) is 1. The number of halogens is 1. The molecule has 2 aromatic heterocycles. The molecule has 6 heteroatoms. The number of nitrogens with zero attached hydrogens (tertiary/aromatic N) is 2. The van der Waals surface area contributed by atoms with Crippen LogP contribution >= 0.6 is 11.3 Å². The summed E-state index contributed by atoms with van der Waals surface area (Å²) in [6.45, 7) is 1.68. The van der Waals surface area contributed by atoms with Crippen LogP contribution in [0.1, 0.15) is 28.9 Å². The molecule has 1 amide bonds. The first-order valence-corrected chi connectivity index (χ1v) is 9.28. The highest BCUT2D eigenvalue weighted by molar-refractivity contribution is 7.17. The second-order valence-corrected chi connectivity index (χ2v) is 7.38. The van der Waals surface area contributed by atoms with Gasteiger partial charge in [-0.05, 0) is 48.1 Å². The van der Waals surface area contributed by atoms with Crippen LogP contribution in [0.25, 0.3) is 10.2 Å². The topological polar surface area (TPSA) is 45.5 Å². The molecule has 0 unspecified atom stereocenters. The van der Waals surface area contributed by atoms with Gasteiger partial charge in [-0.2, -0.15) is 0 Å². The van der Waals surface area contributed by atoms with Crippen LogP contribution in [0.2, 0.25) is 0 Å². The summed E-state index contributed by atoms with van der Waals surface area (Å²) in [5, 5.41) is 11.7. The van der Waals surface area contributed by atoms with Crippen molar-refractivity contribution in [3.63, 3.8) is 0 Å². The van der Waals surface area contributed by atoms with E-state index in [1.54, 1.807) is 23.5 Å². The third kappa shape index (κ3) is 3.19. The maximum absolute atomic E-state index is 13.2. The molecule has 1 aliphatic heterocycles. The van der Waals surface area contributed by atoms with Crippen molar-refractivity contribution in [1.82, 2.24) is 9.47 Å². The molecule has 0 saturated carbocycles. The molecule has 4 nitrogen and oxygen atoms in total. The van der Waals surface area contributed by atoms with Gasteiger partial charge < -0.3 is 14.6 Å². The van der Waals surface area contributed by atoms with E-state index in [1.165, 1.54) is 12.1 Å². The number of benzene rings is 1. The Morgan fingerprint density at radius 3 is 2.64 bits per heavy atom. The fourth-order valence-corrected chi connectivity index (χ4v) is 4.15. The third-order valence-corrected chi connectivity index (χ3v) is 5.60. The van der Waals surface area contributed by atoms with E-state index in [-0.39, 0.29) is 17.8 Å². The Balaban J connectivity index is 1.67. The molecule has 130 valence electrons. The molecule has 4 rings (SSSR count). The lowest BCUT2D eigenvalue weighted by atomic mass is 10.1. The summed E-state index contributed by atoms with van der Waals surface area (Å²) in [5.41, 5.74) is 2.63. The van der Waals surface area contributed by atoms with Crippen molar-refractivity contribution in [1.29, 1.82) is 0 Å². The van der Waals surface area contributed by atoms with E-state index in [2.05, 4.69) is 0 Å². The zero-order valence-corrected chi connectivity index (χ0v) is 14.5. The van der Waals surface area contributed by atoms with Crippen molar-refractivity contribution in [3.05, 3.63) is 58.9 Å². The first-order chi connectivity index (χ1) is 12.1. The van der Waals surface area contributed by atoms with Gasteiger partial charge in [-0.15, -0.1) is 11.3 Å². The lowest BCUT2D eigenvalue weighted by Crippen LogP contribution is -2.40. The standard InChI is InChI=1S/C19H19FN2O2S/c20-14-3-1-13(2-4-14)12-22-16-7-10-25-18(16)11-17(22)19(24)21-8-5-15(23)6-9-21/h1-4,7,10-11,15,23H,5-6,8-9,12H2. The molecule has 1 aromatic carbocycles. The second-order valence-electron chi connectivity index (χ2n) is 6.44.